The van der Waals surface area contributed by atoms with Gasteiger partial charge >= 0.3 is 5.97 Å². The Balaban J connectivity index is 2.10. The molecule has 126 valence electrons. The van der Waals surface area contributed by atoms with E-state index in [4.69, 9.17) is 4.74 Å². The number of carbonyl (C=O) groups is 3. The molecule has 6 heteroatoms. The normalized spacial score (nSPS) is 17.1. The van der Waals surface area contributed by atoms with Gasteiger partial charge in [0, 0.05) is 0 Å². The van der Waals surface area contributed by atoms with Crippen LogP contribution in [0.4, 0.5) is 4.79 Å². The van der Waals surface area contributed by atoms with Crippen LogP contribution in [0.2, 0.25) is 0 Å². The number of thioether (sulfide) groups is 1. The molecule has 1 fully saturated rings. The SMILES string of the molecule is CC(=C\c1ccccc1)/C=C1/SC(=O)N(CC(=O)OC(C)C)C1=O. The van der Waals surface area contributed by atoms with Gasteiger partial charge in [0.25, 0.3) is 11.1 Å². The topological polar surface area (TPSA) is 63.7 Å². The Bertz CT molecular complexity index is 707. The third kappa shape index (κ3) is 4.83. The van der Waals surface area contributed by atoms with E-state index in [-0.39, 0.29) is 12.6 Å². The van der Waals surface area contributed by atoms with Crippen LogP contribution in [0.1, 0.15) is 26.3 Å². The van der Waals surface area contributed by atoms with Crippen molar-refractivity contribution in [2.24, 2.45) is 0 Å². The van der Waals surface area contributed by atoms with Gasteiger partial charge in [-0.3, -0.25) is 19.3 Å². The van der Waals surface area contributed by atoms with E-state index in [2.05, 4.69) is 0 Å². The number of rotatable bonds is 5. The molecule has 2 amide bonds. The van der Waals surface area contributed by atoms with Crippen molar-refractivity contribution in [2.45, 2.75) is 26.9 Å². The summed E-state index contributed by atoms with van der Waals surface area (Å²) in [6.45, 7) is 4.92. The fourth-order valence-electron chi connectivity index (χ4n) is 2.13. The molecule has 0 radical (unpaired) electrons. The van der Waals surface area contributed by atoms with Crippen LogP contribution in [0.25, 0.3) is 6.08 Å². The lowest BCUT2D eigenvalue weighted by atomic mass is 10.1. The van der Waals surface area contributed by atoms with Gasteiger partial charge in [-0.25, -0.2) is 0 Å². The summed E-state index contributed by atoms with van der Waals surface area (Å²) < 4.78 is 4.98. The highest BCUT2D eigenvalue weighted by Gasteiger charge is 2.36. The number of imide groups is 1. The molecular weight excluding hydrogens is 326 g/mol. The Labute approximate surface area is 145 Å². The number of nitrogens with zero attached hydrogens (tertiary/aromatic N) is 1. The first-order valence-electron chi connectivity index (χ1n) is 7.55. The first-order valence-corrected chi connectivity index (χ1v) is 8.36. The fraction of sp³-hybridized carbons (Fsp3) is 0.278. The Kier molecular flexibility index (Phi) is 5.98. The second kappa shape index (κ2) is 7.97. The molecule has 0 bridgehead atoms. The molecule has 1 saturated heterocycles. The van der Waals surface area contributed by atoms with Crippen molar-refractivity contribution in [2.75, 3.05) is 6.54 Å². The minimum atomic E-state index is -0.593. The largest absolute Gasteiger partial charge is 0.462 e. The smallest absolute Gasteiger partial charge is 0.326 e. The highest BCUT2D eigenvalue weighted by molar-refractivity contribution is 8.18. The molecule has 1 heterocycles. The Morgan fingerprint density at radius 2 is 1.92 bits per heavy atom. The quantitative estimate of drug-likeness (QED) is 0.602. The third-order valence-corrected chi connectivity index (χ3v) is 3.99. The van der Waals surface area contributed by atoms with E-state index in [1.165, 1.54) is 0 Å². The van der Waals surface area contributed by atoms with E-state index >= 15 is 0 Å². The molecular formula is C18H19NO4S. The van der Waals surface area contributed by atoms with Crippen LogP contribution in [0.3, 0.4) is 0 Å². The van der Waals surface area contributed by atoms with Crippen molar-refractivity contribution in [3.63, 3.8) is 0 Å². The summed E-state index contributed by atoms with van der Waals surface area (Å²) in [4.78, 5) is 37.1. The molecule has 0 N–H and O–H groups in total. The average Bonchev–Trinajstić information content (AvgIpc) is 2.75. The molecule has 0 aromatic heterocycles. The van der Waals surface area contributed by atoms with Crippen LogP contribution in [0, 0.1) is 0 Å². The number of amides is 2. The van der Waals surface area contributed by atoms with Crippen molar-refractivity contribution in [1.82, 2.24) is 4.90 Å². The minimum Gasteiger partial charge on any atom is -0.462 e. The van der Waals surface area contributed by atoms with E-state index in [9.17, 15) is 14.4 Å². The second-order valence-corrected chi connectivity index (χ2v) is 6.60. The number of hydrogen-bond donors (Lipinski definition) is 0. The molecule has 0 saturated carbocycles. The summed E-state index contributed by atoms with van der Waals surface area (Å²) in [5.41, 5.74) is 1.85. The maximum atomic E-state index is 12.3. The van der Waals surface area contributed by atoms with Crippen molar-refractivity contribution in [3.05, 3.63) is 52.4 Å². The van der Waals surface area contributed by atoms with E-state index in [0.717, 1.165) is 27.8 Å². The molecule has 0 spiro atoms. The predicted octanol–water partition coefficient (Wildman–Crippen LogP) is 3.62. The van der Waals surface area contributed by atoms with Crippen LogP contribution in [-0.4, -0.2) is 34.7 Å². The third-order valence-electron chi connectivity index (χ3n) is 3.08. The van der Waals surface area contributed by atoms with Crippen LogP contribution >= 0.6 is 11.8 Å². The lowest BCUT2D eigenvalue weighted by molar-refractivity contribution is -0.149. The van der Waals surface area contributed by atoms with Gasteiger partial charge in [0.2, 0.25) is 0 Å². The number of ether oxygens (including phenoxy) is 1. The summed E-state index contributed by atoms with van der Waals surface area (Å²) >= 11 is 0.831. The summed E-state index contributed by atoms with van der Waals surface area (Å²) in [6.07, 6.45) is 3.29. The van der Waals surface area contributed by atoms with Gasteiger partial charge in [0.1, 0.15) is 6.54 Å². The molecule has 1 aliphatic rings. The maximum absolute atomic E-state index is 12.3. The molecule has 0 atom stereocenters. The van der Waals surface area contributed by atoms with Crippen LogP contribution < -0.4 is 0 Å². The lowest BCUT2D eigenvalue weighted by Crippen LogP contribution is -2.35. The van der Waals surface area contributed by atoms with Crippen molar-refractivity contribution in [3.8, 4) is 0 Å². The number of hydrogen-bond acceptors (Lipinski definition) is 5. The zero-order chi connectivity index (χ0) is 17.7. The monoisotopic (exact) mass is 345 g/mol. The number of allylic oxidation sites excluding steroid dienone is 2. The molecule has 2 rings (SSSR count). The van der Waals surface area contributed by atoms with Crippen LogP contribution in [0.5, 0.6) is 0 Å². The Hall–Kier alpha value is -2.34. The predicted molar refractivity (Wildman–Crippen MR) is 94.1 cm³/mol. The molecule has 1 aromatic rings. The van der Waals surface area contributed by atoms with Gasteiger partial charge in [0.05, 0.1) is 11.0 Å². The highest BCUT2D eigenvalue weighted by Crippen LogP contribution is 2.31. The van der Waals surface area contributed by atoms with Gasteiger partial charge in [-0.2, -0.15) is 0 Å². The lowest BCUT2D eigenvalue weighted by Gasteiger charge is -2.13. The molecule has 5 nitrogen and oxygen atoms in total. The number of benzene rings is 1. The van der Waals surface area contributed by atoms with E-state index in [0.29, 0.717) is 4.91 Å². The van der Waals surface area contributed by atoms with E-state index < -0.39 is 17.1 Å². The molecule has 24 heavy (non-hydrogen) atoms. The van der Waals surface area contributed by atoms with Gasteiger partial charge < -0.3 is 4.74 Å². The highest BCUT2D eigenvalue weighted by atomic mass is 32.2. The summed E-state index contributed by atoms with van der Waals surface area (Å²) in [5.74, 6) is -1.06. The van der Waals surface area contributed by atoms with Gasteiger partial charge in [0.15, 0.2) is 0 Å². The van der Waals surface area contributed by atoms with Crippen LogP contribution in [0.15, 0.2) is 46.9 Å². The van der Waals surface area contributed by atoms with Crippen molar-refractivity contribution >= 4 is 35.0 Å². The Morgan fingerprint density at radius 1 is 1.25 bits per heavy atom. The molecule has 1 aliphatic heterocycles. The molecule has 0 unspecified atom stereocenters. The maximum Gasteiger partial charge on any atom is 0.326 e. The van der Waals surface area contributed by atoms with E-state index in [1.807, 2.05) is 43.3 Å². The summed E-state index contributed by atoms with van der Waals surface area (Å²) in [6, 6.07) is 9.67. The van der Waals surface area contributed by atoms with Gasteiger partial charge in [-0.1, -0.05) is 36.4 Å². The van der Waals surface area contributed by atoms with E-state index in [1.54, 1.807) is 19.9 Å². The molecule has 0 aliphatic carbocycles. The zero-order valence-corrected chi connectivity index (χ0v) is 14.6. The number of carbonyl (C=O) groups excluding carboxylic acids is 3. The minimum absolute atomic E-state index is 0.288. The van der Waals surface area contributed by atoms with Gasteiger partial charge in [-0.05, 0) is 49.7 Å². The zero-order valence-electron chi connectivity index (χ0n) is 13.8. The van der Waals surface area contributed by atoms with Crippen molar-refractivity contribution in [1.29, 1.82) is 0 Å². The first-order chi connectivity index (χ1) is 11.4. The standard InChI is InChI=1S/C18H19NO4S/c1-12(2)23-16(20)11-19-17(21)15(24-18(19)22)10-13(3)9-14-7-5-4-6-8-14/h4-10,12H,11H2,1-3H3/b13-9+,15-10+. The summed E-state index contributed by atoms with van der Waals surface area (Å²) in [7, 11) is 0. The van der Waals surface area contributed by atoms with Crippen LogP contribution in [-0.2, 0) is 14.3 Å². The number of esters is 1. The second-order valence-electron chi connectivity index (χ2n) is 5.61. The fourth-order valence-corrected chi connectivity index (χ4v) is 3.01. The van der Waals surface area contributed by atoms with Gasteiger partial charge in [-0.15, -0.1) is 0 Å². The molecule has 1 aromatic carbocycles. The first kappa shape index (κ1) is 18.0. The van der Waals surface area contributed by atoms with Crippen molar-refractivity contribution < 1.29 is 19.1 Å². The Morgan fingerprint density at radius 3 is 2.54 bits per heavy atom. The summed E-state index contributed by atoms with van der Waals surface area (Å²) in [5, 5.41) is -0.459. The average molecular weight is 345 g/mol.